The predicted molar refractivity (Wildman–Crippen MR) is 98.9 cm³/mol. The van der Waals surface area contributed by atoms with Gasteiger partial charge in [-0.15, -0.1) is 0 Å². The van der Waals surface area contributed by atoms with Crippen molar-refractivity contribution in [3.05, 3.63) is 70.6 Å². The Labute approximate surface area is 161 Å². The number of aromatic nitrogens is 3. The molecule has 6 nitrogen and oxygen atoms in total. The van der Waals surface area contributed by atoms with Crippen LogP contribution in [0.5, 0.6) is 0 Å². The second-order valence-electron chi connectivity index (χ2n) is 5.61. The topological polar surface area (TPSA) is 87.7 Å². The fourth-order valence-electron chi connectivity index (χ4n) is 2.23. The highest BCUT2D eigenvalue weighted by Crippen LogP contribution is 2.29. The summed E-state index contributed by atoms with van der Waals surface area (Å²) in [6, 6.07) is 11.9. The van der Waals surface area contributed by atoms with Gasteiger partial charge in [-0.05, 0) is 30.3 Å². The van der Waals surface area contributed by atoms with Gasteiger partial charge in [-0.25, -0.2) is 10.1 Å². The van der Waals surface area contributed by atoms with Crippen LogP contribution in [-0.2, 0) is 11.0 Å². The molecule has 0 saturated carbocycles. The number of carbonyl (C=O) groups is 1. The molecule has 1 amide bonds. The number of rotatable bonds is 5. The number of hydrogen-bond donors (Lipinski definition) is 2. The molecule has 2 N–H and O–H groups in total. The maximum absolute atomic E-state index is 12.5. The average Bonchev–Trinajstić information content (AvgIpc) is 2.67. The third-order valence-electron chi connectivity index (χ3n) is 3.54. The standard InChI is InChI=1S/C18H13F3N4O2S/c19-18(20,21)12-4-7-17(22-9-12)28-10-16(27)23-13-3-1-2-11(8-13)14-5-6-15(26)25-24-14/h1-9H,10H2,(H,23,27)(H,25,26). The Hall–Kier alpha value is -3.14. The van der Waals surface area contributed by atoms with E-state index in [0.717, 1.165) is 24.0 Å². The van der Waals surface area contributed by atoms with Crippen LogP contribution in [0.3, 0.4) is 0 Å². The molecule has 0 aliphatic rings. The van der Waals surface area contributed by atoms with Crippen LogP contribution in [0.15, 0.2) is 64.5 Å². The predicted octanol–water partition coefficient (Wildman–Crippen LogP) is 3.58. The van der Waals surface area contributed by atoms with Crippen LogP contribution in [0.2, 0.25) is 0 Å². The van der Waals surface area contributed by atoms with E-state index in [2.05, 4.69) is 20.5 Å². The van der Waals surface area contributed by atoms with Gasteiger partial charge in [-0.2, -0.15) is 18.3 Å². The molecule has 10 heteroatoms. The Bertz CT molecular complexity index is 1020. The molecule has 2 heterocycles. The molecule has 3 aromatic rings. The molecule has 2 aromatic heterocycles. The molecule has 3 rings (SSSR count). The normalized spacial score (nSPS) is 11.2. The van der Waals surface area contributed by atoms with Crippen molar-refractivity contribution in [3.8, 4) is 11.3 Å². The van der Waals surface area contributed by atoms with E-state index in [4.69, 9.17) is 0 Å². The molecular formula is C18H13F3N4O2S. The lowest BCUT2D eigenvalue weighted by molar-refractivity contribution is -0.137. The third-order valence-corrected chi connectivity index (χ3v) is 4.48. The summed E-state index contributed by atoms with van der Waals surface area (Å²) >= 11 is 1.03. The van der Waals surface area contributed by atoms with Crippen LogP contribution in [-0.4, -0.2) is 26.8 Å². The summed E-state index contributed by atoms with van der Waals surface area (Å²) in [4.78, 5) is 26.9. The molecular weight excluding hydrogens is 393 g/mol. The molecule has 0 atom stereocenters. The fourth-order valence-corrected chi connectivity index (χ4v) is 2.87. The number of amides is 1. The van der Waals surface area contributed by atoms with Crippen molar-refractivity contribution in [1.29, 1.82) is 0 Å². The average molecular weight is 406 g/mol. The number of alkyl halides is 3. The van der Waals surface area contributed by atoms with E-state index in [0.29, 0.717) is 22.0 Å². The molecule has 0 radical (unpaired) electrons. The third kappa shape index (κ3) is 5.19. The Morgan fingerprint density at radius 3 is 2.61 bits per heavy atom. The summed E-state index contributed by atoms with van der Waals surface area (Å²) in [5.41, 5.74) is 0.609. The Morgan fingerprint density at radius 2 is 1.96 bits per heavy atom. The van der Waals surface area contributed by atoms with E-state index < -0.39 is 11.7 Å². The highest BCUT2D eigenvalue weighted by Gasteiger charge is 2.30. The minimum absolute atomic E-state index is 0.0144. The molecule has 0 aliphatic heterocycles. The minimum atomic E-state index is -4.45. The van der Waals surface area contributed by atoms with E-state index in [9.17, 15) is 22.8 Å². The molecule has 0 unspecified atom stereocenters. The second-order valence-corrected chi connectivity index (χ2v) is 6.60. The number of anilines is 1. The van der Waals surface area contributed by atoms with E-state index in [1.54, 1.807) is 30.3 Å². The Morgan fingerprint density at radius 1 is 1.14 bits per heavy atom. The monoisotopic (exact) mass is 406 g/mol. The molecule has 144 valence electrons. The van der Waals surface area contributed by atoms with Gasteiger partial charge in [-0.3, -0.25) is 9.59 Å². The lowest BCUT2D eigenvalue weighted by Crippen LogP contribution is -2.14. The summed E-state index contributed by atoms with van der Waals surface area (Å²) in [5.74, 6) is -0.349. The van der Waals surface area contributed by atoms with Gasteiger partial charge in [-0.1, -0.05) is 23.9 Å². The first-order valence-electron chi connectivity index (χ1n) is 7.93. The minimum Gasteiger partial charge on any atom is -0.325 e. The van der Waals surface area contributed by atoms with Gasteiger partial charge in [0.15, 0.2) is 0 Å². The van der Waals surface area contributed by atoms with Crippen LogP contribution in [0.4, 0.5) is 18.9 Å². The van der Waals surface area contributed by atoms with Crippen LogP contribution in [0, 0.1) is 0 Å². The zero-order chi connectivity index (χ0) is 20.1. The first kappa shape index (κ1) is 19.6. The van der Waals surface area contributed by atoms with Gasteiger partial charge in [0.2, 0.25) is 5.91 Å². The van der Waals surface area contributed by atoms with Gasteiger partial charge in [0, 0.05) is 23.5 Å². The van der Waals surface area contributed by atoms with Crippen molar-refractivity contribution in [3.63, 3.8) is 0 Å². The van der Waals surface area contributed by atoms with Gasteiger partial charge in [0.25, 0.3) is 5.56 Å². The summed E-state index contributed by atoms with van der Waals surface area (Å²) in [5, 5.41) is 9.28. The van der Waals surface area contributed by atoms with Crippen molar-refractivity contribution >= 4 is 23.4 Å². The molecule has 0 bridgehead atoms. The van der Waals surface area contributed by atoms with Crippen LogP contribution in [0.1, 0.15) is 5.56 Å². The number of halogens is 3. The summed E-state index contributed by atoms with van der Waals surface area (Å²) in [6.07, 6.45) is -3.71. The van der Waals surface area contributed by atoms with Crippen LogP contribution in [0.25, 0.3) is 11.3 Å². The van der Waals surface area contributed by atoms with E-state index >= 15 is 0 Å². The maximum Gasteiger partial charge on any atom is 0.417 e. The van der Waals surface area contributed by atoms with Gasteiger partial charge >= 0.3 is 6.18 Å². The smallest absolute Gasteiger partial charge is 0.325 e. The first-order chi connectivity index (χ1) is 13.3. The quantitative estimate of drug-likeness (QED) is 0.633. The fraction of sp³-hybridized carbons (Fsp3) is 0.111. The zero-order valence-electron chi connectivity index (χ0n) is 14.2. The number of carbonyl (C=O) groups excluding carboxylic acids is 1. The number of hydrogen-bond acceptors (Lipinski definition) is 5. The first-order valence-corrected chi connectivity index (χ1v) is 8.92. The lowest BCUT2D eigenvalue weighted by atomic mass is 10.1. The van der Waals surface area contributed by atoms with Crippen molar-refractivity contribution < 1.29 is 18.0 Å². The van der Waals surface area contributed by atoms with Gasteiger partial charge in [0.1, 0.15) is 0 Å². The number of benzene rings is 1. The van der Waals surface area contributed by atoms with Crippen LogP contribution >= 0.6 is 11.8 Å². The van der Waals surface area contributed by atoms with E-state index in [1.807, 2.05) is 0 Å². The Kier molecular flexibility index (Phi) is 5.78. The van der Waals surface area contributed by atoms with Crippen LogP contribution < -0.4 is 10.9 Å². The number of nitrogens with one attached hydrogen (secondary N) is 2. The zero-order valence-corrected chi connectivity index (χ0v) is 15.0. The number of H-pyrrole nitrogens is 1. The summed E-state index contributed by atoms with van der Waals surface area (Å²) in [6.45, 7) is 0. The number of aromatic amines is 1. The number of thioether (sulfide) groups is 1. The highest BCUT2D eigenvalue weighted by atomic mass is 32.2. The summed E-state index contributed by atoms with van der Waals surface area (Å²) < 4.78 is 37.6. The molecule has 0 aliphatic carbocycles. The molecule has 0 spiro atoms. The van der Waals surface area contributed by atoms with E-state index in [1.165, 1.54) is 12.1 Å². The van der Waals surface area contributed by atoms with Gasteiger partial charge < -0.3 is 5.32 Å². The van der Waals surface area contributed by atoms with Crippen molar-refractivity contribution in [2.24, 2.45) is 0 Å². The largest absolute Gasteiger partial charge is 0.417 e. The van der Waals surface area contributed by atoms with Crippen molar-refractivity contribution in [2.75, 3.05) is 11.1 Å². The molecule has 1 aromatic carbocycles. The molecule has 0 saturated heterocycles. The maximum atomic E-state index is 12.5. The Balaban J connectivity index is 1.60. The van der Waals surface area contributed by atoms with E-state index in [-0.39, 0.29) is 17.2 Å². The number of pyridine rings is 1. The summed E-state index contributed by atoms with van der Waals surface area (Å²) in [7, 11) is 0. The number of nitrogens with zero attached hydrogens (tertiary/aromatic N) is 2. The molecule has 28 heavy (non-hydrogen) atoms. The second kappa shape index (κ2) is 8.26. The van der Waals surface area contributed by atoms with Crippen molar-refractivity contribution in [1.82, 2.24) is 15.2 Å². The SMILES string of the molecule is O=C(CSc1ccc(C(F)(F)F)cn1)Nc1cccc(-c2ccc(=O)[nH]n2)c1. The van der Waals surface area contributed by atoms with Crippen molar-refractivity contribution in [2.45, 2.75) is 11.2 Å². The lowest BCUT2D eigenvalue weighted by Gasteiger charge is -2.08. The highest BCUT2D eigenvalue weighted by molar-refractivity contribution is 7.99. The molecule has 0 fully saturated rings. The van der Waals surface area contributed by atoms with Gasteiger partial charge in [0.05, 0.1) is 22.0 Å².